The molecule has 1 saturated carbocycles. The van der Waals surface area contributed by atoms with Crippen molar-refractivity contribution in [1.82, 2.24) is 9.96 Å². The molecule has 3 aliphatic heterocycles. The monoisotopic (exact) mass is 464 g/mol. The van der Waals surface area contributed by atoms with Gasteiger partial charge >= 0.3 is 5.91 Å². The van der Waals surface area contributed by atoms with Crippen molar-refractivity contribution in [2.75, 3.05) is 19.6 Å². The number of aliphatic hydroxyl groups excluding tert-OH is 1. The van der Waals surface area contributed by atoms with Crippen LogP contribution in [0.3, 0.4) is 0 Å². The van der Waals surface area contributed by atoms with Gasteiger partial charge in [0.25, 0.3) is 11.6 Å². The van der Waals surface area contributed by atoms with Crippen LogP contribution in [0, 0.1) is 0 Å². The molecule has 1 aromatic carbocycles. The van der Waals surface area contributed by atoms with Crippen molar-refractivity contribution in [1.29, 1.82) is 0 Å². The SMILES string of the molecule is CS[C@H]1c2ccccc2O[C@@]12C(=O)N1O[C@@]3(CCCCC3=O)[C@H](O)[C@]1(SC)C(=O)N2C. The molecular formula is C21H24N2O6S2. The number of Topliss-reactive ketones (excluding diaryl/α,β-unsaturated/α-hetero) is 1. The molecular weight excluding hydrogens is 440 g/mol. The highest BCUT2D eigenvalue weighted by atomic mass is 32.2. The largest absolute Gasteiger partial charge is 0.456 e. The lowest BCUT2D eigenvalue weighted by Crippen LogP contribution is -2.77. The normalized spacial score (nSPS) is 39.3. The van der Waals surface area contributed by atoms with Gasteiger partial charge in [-0.25, -0.2) is 0 Å². The van der Waals surface area contributed by atoms with Crippen LogP contribution in [-0.4, -0.2) is 74.5 Å². The van der Waals surface area contributed by atoms with Crippen LogP contribution in [0.1, 0.15) is 36.5 Å². The van der Waals surface area contributed by atoms with E-state index in [-0.39, 0.29) is 18.6 Å². The zero-order valence-corrected chi connectivity index (χ0v) is 19.1. The van der Waals surface area contributed by atoms with E-state index in [0.29, 0.717) is 18.6 Å². The molecule has 10 heteroatoms. The number of amides is 2. The van der Waals surface area contributed by atoms with E-state index < -0.39 is 39.4 Å². The molecule has 3 heterocycles. The maximum absolute atomic E-state index is 14.1. The topological polar surface area (TPSA) is 96.4 Å². The van der Waals surface area contributed by atoms with Gasteiger partial charge in [0.05, 0.1) is 0 Å². The number of para-hydroxylation sites is 1. The Labute approximate surface area is 188 Å². The smallest absolute Gasteiger partial charge is 0.315 e. The number of fused-ring (bicyclic) bond motifs is 2. The number of ketones is 1. The number of hydrogen-bond acceptors (Lipinski definition) is 8. The fraction of sp³-hybridized carbons (Fsp3) is 0.571. The molecule has 0 radical (unpaired) electrons. The standard InChI is InChI=1S/C21H24N2O6S2/c1-22-18(27)21(31-3)16(25)19(11-7-6-10-14(19)24)29-23(21)17(26)20(22)15(30-2)12-8-4-5-9-13(12)28-20/h4-5,8-9,15-16,25H,6-7,10-11H2,1-3H3/t15-,16-,19+,20+,21-/m0/s1. The van der Waals surface area contributed by atoms with Crippen LogP contribution >= 0.6 is 23.5 Å². The Hall–Kier alpha value is -1.75. The number of thioether (sulfide) groups is 2. The first-order valence-electron chi connectivity index (χ1n) is 10.2. The summed E-state index contributed by atoms with van der Waals surface area (Å²) in [5.74, 6) is -0.860. The molecule has 4 aliphatic rings. The van der Waals surface area contributed by atoms with Gasteiger partial charge in [0.2, 0.25) is 4.87 Å². The van der Waals surface area contributed by atoms with Gasteiger partial charge < -0.3 is 9.84 Å². The molecule has 2 amide bonds. The number of hydroxylamine groups is 2. The molecule has 2 spiro atoms. The van der Waals surface area contributed by atoms with Gasteiger partial charge in [-0.2, -0.15) is 16.8 Å². The third kappa shape index (κ3) is 2.29. The first kappa shape index (κ1) is 21.1. The van der Waals surface area contributed by atoms with Gasteiger partial charge in [-0.3, -0.25) is 24.1 Å². The van der Waals surface area contributed by atoms with Crippen LogP contribution < -0.4 is 4.74 Å². The minimum atomic E-state index is -1.74. The predicted octanol–water partition coefficient (Wildman–Crippen LogP) is 1.73. The number of hydrogen-bond donors (Lipinski definition) is 1. The highest BCUT2D eigenvalue weighted by molar-refractivity contribution is 8.00. The number of benzene rings is 1. The van der Waals surface area contributed by atoms with E-state index in [1.807, 2.05) is 24.5 Å². The van der Waals surface area contributed by atoms with Gasteiger partial charge in [0, 0.05) is 19.0 Å². The number of piperazine rings is 1. The second-order valence-corrected chi connectivity index (χ2v) is 10.3. The molecule has 31 heavy (non-hydrogen) atoms. The van der Waals surface area contributed by atoms with Crippen molar-refractivity contribution in [3.8, 4) is 5.75 Å². The maximum atomic E-state index is 14.1. The molecule has 5 atom stereocenters. The molecule has 1 aliphatic carbocycles. The fourth-order valence-corrected chi connectivity index (χ4v) is 7.47. The lowest BCUT2D eigenvalue weighted by Gasteiger charge is -2.51. The number of nitrogens with zero attached hydrogens (tertiary/aromatic N) is 2. The van der Waals surface area contributed by atoms with Crippen LogP contribution in [0.2, 0.25) is 0 Å². The van der Waals surface area contributed by atoms with Gasteiger partial charge in [0.1, 0.15) is 17.1 Å². The van der Waals surface area contributed by atoms with E-state index in [0.717, 1.165) is 22.4 Å². The molecule has 0 unspecified atom stereocenters. The molecule has 5 rings (SSSR count). The number of likely N-dealkylation sites (N-methyl/N-ethyl adjacent to an activating group) is 1. The van der Waals surface area contributed by atoms with Crippen molar-refractivity contribution >= 4 is 41.1 Å². The fourth-order valence-electron chi connectivity index (χ4n) is 5.38. The minimum absolute atomic E-state index is 0.244. The molecule has 0 bridgehead atoms. The Morgan fingerprint density at radius 1 is 1.13 bits per heavy atom. The molecule has 8 nitrogen and oxygen atoms in total. The average Bonchev–Trinajstić information content (AvgIpc) is 3.25. The number of carbonyl (C=O) groups is 3. The number of aliphatic hydroxyl groups is 1. The quantitative estimate of drug-likeness (QED) is 0.707. The first-order valence-corrected chi connectivity index (χ1v) is 12.7. The Bertz CT molecular complexity index is 990. The van der Waals surface area contributed by atoms with E-state index in [1.165, 1.54) is 23.7 Å². The summed E-state index contributed by atoms with van der Waals surface area (Å²) in [6.07, 6.45) is 3.88. The van der Waals surface area contributed by atoms with Crippen LogP contribution in [0.5, 0.6) is 5.75 Å². The van der Waals surface area contributed by atoms with Crippen LogP contribution in [0.15, 0.2) is 24.3 Å². The Morgan fingerprint density at radius 3 is 2.55 bits per heavy atom. The molecule has 3 fully saturated rings. The number of carbonyl (C=O) groups excluding carboxylic acids is 3. The van der Waals surface area contributed by atoms with E-state index >= 15 is 0 Å². The van der Waals surface area contributed by atoms with Crippen molar-refractivity contribution in [2.45, 2.75) is 53.2 Å². The van der Waals surface area contributed by atoms with Crippen molar-refractivity contribution < 1.29 is 29.1 Å². The highest BCUT2D eigenvalue weighted by Crippen LogP contribution is 2.59. The van der Waals surface area contributed by atoms with Gasteiger partial charge in [-0.1, -0.05) is 18.2 Å². The molecule has 166 valence electrons. The Kier molecular flexibility index (Phi) is 4.68. The summed E-state index contributed by atoms with van der Waals surface area (Å²) in [6, 6.07) is 7.31. The summed E-state index contributed by atoms with van der Waals surface area (Å²) in [7, 11) is 1.52. The summed E-state index contributed by atoms with van der Waals surface area (Å²) < 4.78 is 6.21. The summed E-state index contributed by atoms with van der Waals surface area (Å²) in [6.45, 7) is 0. The van der Waals surface area contributed by atoms with Crippen LogP contribution in [-0.2, 0) is 19.2 Å². The van der Waals surface area contributed by atoms with E-state index in [9.17, 15) is 19.5 Å². The molecule has 2 saturated heterocycles. The second kappa shape index (κ2) is 6.87. The summed E-state index contributed by atoms with van der Waals surface area (Å²) in [5.41, 5.74) is -2.45. The number of ether oxygens (including phenoxy) is 1. The predicted molar refractivity (Wildman–Crippen MR) is 115 cm³/mol. The minimum Gasteiger partial charge on any atom is -0.456 e. The maximum Gasteiger partial charge on any atom is 0.315 e. The van der Waals surface area contributed by atoms with Crippen molar-refractivity contribution in [2.24, 2.45) is 0 Å². The van der Waals surface area contributed by atoms with Gasteiger partial charge in [-0.05, 0) is 37.8 Å². The van der Waals surface area contributed by atoms with Crippen LogP contribution in [0.25, 0.3) is 0 Å². The van der Waals surface area contributed by atoms with Gasteiger partial charge in [0.15, 0.2) is 11.4 Å². The zero-order chi connectivity index (χ0) is 22.2. The lowest BCUT2D eigenvalue weighted by molar-refractivity contribution is -0.247. The lowest BCUT2D eigenvalue weighted by atomic mass is 9.77. The van der Waals surface area contributed by atoms with Crippen molar-refractivity contribution in [3.63, 3.8) is 0 Å². The van der Waals surface area contributed by atoms with E-state index in [1.54, 1.807) is 12.3 Å². The van der Waals surface area contributed by atoms with E-state index in [4.69, 9.17) is 9.57 Å². The molecule has 1 aromatic rings. The summed E-state index contributed by atoms with van der Waals surface area (Å²) in [5, 5.41) is 11.9. The zero-order valence-electron chi connectivity index (χ0n) is 17.5. The number of rotatable bonds is 2. The van der Waals surface area contributed by atoms with Gasteiger partial charge in [-0.15, -0.1) is 11.8 Å². The Morgan fingerprint density at radius 2 is 1.87 bits per heavy atom. The highest BCUT2D eigenvalue weighted by Gasteiger charge is 2.79. The third-order valence-corrected chi connectivity index (χ3v) is 9.24. The third-order valence-electron chi connectivity index (χ3n) is 7.01. The van der Waals surface area contributed by atoms with Crippen LogP contribution in [0.4, 0.5) is 0 Å². The summed E-state index contributed by atoms with van der Waals surface area (Å²) in [4.78, 5) is 46.5. The first-order chi connectivity index (χ1) is 14.8. The average molecular weight is 465 g/mol. The van der Waals surface area contributed by atoms with Crippen molar-refractivity contribution in [3.05, 3.63) is 29.8 Å². The molecule has 1 N–H and O–H groups in total. The summed E-state index contributed by atoms with van der Waals surface area (Å²) >= 11 is 2.42. The second-order valence-electron chi connectivity index (χ2n) is 8.33. The Balaban J connectivity index is 1.67. The van der Waals surface area contributed by atoms with E-state index in [2.05, 4.69) is 0 Å². The molecule has 0 aromatic heterocycles.